The first-order valence-electron chi connectivity index (χ1n) is 6.84. The zero-order valence-electron chi connectivity index (χ0n) is 11.3. The number of unbranched alkanes of at least 4 members (excludes halogenated alkanes) is 5. The molecule has 0 amide bonds. The molecule has 0 bridgehead atoms. The maximum atomic E-state index is 5.94. The number of nitrogens with one attached hydrogen (secondary N) is 1. The number of hydrogen-bond donors (Lipinski definition) is 2. The second-order valence-electron chi connectivity index (χ2n) is 4.73. The molecule has 17 heavy (non-hydrogen) atoms. The summed E-state index contributed by atoms with van der Waals surface area (Å²) in [6, 6.07) is 6.05. The Hall–Kier alpha value is -1.18. The van der Waals surface area contributed by atoms with Crippen molar-refractivity contribution in [3.63, 3.8) is 0 Å². The lowest BCUT2D eigenvalue weighted by Crippen LogP contribution is -2.05. The van der Waals surface area contributed by atoms with Gasteiger partial charge in [-0.2, -0.15) is 0 Å². The first kappa shape index (κ1) is 13.9. The van der Waals surface area contributed by atoms with Crippen molar-refractivity contribution in [2.75, 3.05) is 17.6 Å². The molecule has 0 radical (unpaired) electrons. The molecule has 0 aromatic heterocycles. The fraction of sp³-hybridized carbons (Fsp3) is 0.600. The fourth-order valence-corrected chi connectivity index (χ4v) is 2.05. The summed E-state index contributed by atoms with van der Waals surface area (Å²) >= 11 is 0. The summed E-state index contributed by atoms with van der Waals surface area (Å²) in [5.74, 6) is 0. The van der Waals surface area contributed by atoms with E-state index in [0.717, 1.165) is 17.9 Å². The highest BCUT2D eigenvalue weighted by Crippen LogP contribution is 2.22. The summed E-state index contributed by atoms with van der Waals surface area (Å²) in [6.07, 6.45) is 7.98. The Morgan fingerprint density at radius 3 is 2.47 bits per heavy atom. The summed E-state index contributed by atoms with van der Waals surface area (Å²) in [5, 5.41) is 3.45. The van der Waals surface area contributed by atoms with Crippen molar-refractivity contribution in [1.29, 1.82) is 0 Å². The van der Waals surface area contributed by atoms with E-state index < -0.39 is 0 Å². The van der Waals surface area contributed by atoms with Crippen LogP contribution in [-0.2, 0) is 0 Å². The van der Waals surface area contributed by atoms with E-state index in [1.54, 1.807) is 0 Å². The van der Waals surface area contributed by atoms with Crippen LogP contribution >= 0.6 is 0 Å². The zero-order chi connectivity index (χ0) is 12.5. The molecule has 0 aliphatic carbocycles. The molecule has 0 spiro atoms. The first-order chi connectivity index (χ1) is 8.25. The molecule has 1 aromatic rings. The minimum absolute atomic E-state index is 0.857. The normalized spacial score (nSPS) is 10.5. The van der Waals surface area contributed by atoms with Crippen molar-refractivity contribution < 1.29 is 0 Å². The zero-order valence-corrected chi connectivity index (χ0v) is 11.3. The van der Waals surface area contributed by atoms with Gasteiger partial charge in [-0.3, -0.25) is 0 Å². The van der Waals surface area contributed by atoms with Gasteiger partial charge < -0.3 is 11.1 Å². The first-order valence-corrected chi connectivity index (χ1v) is 6.84. The van der Waals surface area contributed by atoms with Crippen LogP contribution in [0.15, 0.2) is 18.2 Å². The van der Waals surface area contributed by atoms with Crippen molar-refractivity contribution in [2.24, 2.45) is 0 Å². The molecule has 2 heteroatoms. The van der Waals surface area contributed by atoms with Crippen LogP contribution in [0, 0.1) is 6.92 Å². The van der Waals surface area contributed by atoms with Gasteiger partial charge in [-0.25, -0.2) is 0 Å². The Balaban J connectivity index is 2.18. The van der Waals surface area contributed by atoms with Crippen LogP contribution < -0.4 is 11.1 Å². The average Bonchev–Trinajstić information content (AvgIpc) is 2.31. The van der Waals surface area contributed by atoms with Gasteiger partial charge in [0.2, 0.25) is 0 Å². The molecule has 0 aliphatic rings. The van der Waals surface area contributed by atoms with Crippen LogP contribution in [-0.4, -0.2) is 6.54 Å². The van der Waals surface area contributed by atoms with E-state index in [0.29, 0.717) is 0 Å². The summed E-state index contributed by atoms with van der Waals surface area (Å²) < 4.78 is 0. The Labute approximate surface area is 106 Å². The maximum Gasteiger partial charge on any atom is 0.0603 e. The van der Waals surface area contributed by atoms with Gasteiger partial charge in [-0.1, -0.05) is 51.2 Å². The van der Waals surface area contributed by atoms with Crippen LogP contribution in [0.3, 0.4) is 0 Å². The largest absolute Gasteiger partial charge is 0.397 e. The fourth-order valence-electron chi connectivity index (χ4n) is 2.05. The van der Waals surface area contributed by atoms with Gasteiger partial charge in [0, 0.05) is 6.54 Å². The molecular formula is C15H26N2. The number of nitrogens with two attached hydrogens (primary N) is 1. The third kappa shape index (κ3) is 5.12. The molecule has 0 unspecified atom stereocenters. The number of aryl methyl sites for hydroxylation is 1. The minimum atomic E-state index is 0.857. The second-order valence-corrected chi connectivity index (χ2v) is 4.73. The number of benzene rings is 1. The van der Waals surface area contributed by atoms with E-state index >= 15 is 0 Å². The van der Waals surface area contributed by atoms with Gasteiger partial charge in [0.05, 0.1) is 11.4 Å². The molecule has 96 valence electrons. The predicted molar refractivity (Wildman–Crippen MR) is 77.5 cm³/mol. The molecule has 0 saturated carbocycles. The van der Waals surface area contributed by atoms with Gasteiger partial charge in [0.25, 0.3) is 0 Å². The third-order valence-electron chi connectivity index (χ3n) is 3.14. The van der Waals surface area contributed by atoms with E-state index in [2.05, 4.69) is 25.2 Å². The molecule has 0 heterocycles. The Bertz CT molecular complexity index is 300. The Morgan fingerprint density at radius 2 is 1.76 bits per heavy atom. The third-order valence-corrected chi connectivity index (χ3v) is 3.14. The van der Waals surface area contributed by atoms with Crippen LogP contribution in [0.25, 0.3) is 0 Å². The number of hydrogen-bond acceptors (Lipinski definition) is 2. The SMILES string of the molecule is CCCCCCCCNc1c(C)cccc1N. The molecule has 2 nitrogen and oxygen atoms in total. The number of nitrogen functional groups attached to an aromatic ring is 1. The number of anilines is 2. The molecular weight excluding hydrogens is 208 g/mol. The minimum Gasteiger partial charge on any atom is -0.397 e. The summed E-state index contributed by atoms with van der Waals surface area (Å²) in [5.41, 5.74) is 9.14. The van der Waals surface area contributed by atoms with E-state index in [1.165, 1.54) is 44.1 Å². The van der Waals surface area contributed by atoms with Gasteiger partial charge in [-0.05, 0) is 25.0 Å². The topological polar surface area (TPSA) is 38.0 Å². The van der Waals surface area contributed by atoms with Gasteiger partial charge in [0.1, 0.15) is 0 Å². The number of para-hydroxylation sites is 1. The van der Waals surface area contributed by atoms with Gasteiger partial charge >= 0.3 is 0 Å². The highest BCUT2D eigenvalue weighted by atomic mass is 14.9. The van der Waals surface area contributed by atoms with Crippen molar-refractivity contribution in [3.05, 3.63) is 23.8 Å². The van der Waals surface area contributed by atoms with Crippen molar-refractivity contribution in [3.8, 4) is 0 Å². The van der Waals surface area contributed by atoms with E-state index in [4.69, 9.17) is 5.73 Å². The quantitative estimate of drug-likeness (QED) is 0.518. The molecule has 0 saturated heterocycles. The monoisotopic (exact) mass is 234 g/mol. The Morgan fingerprint density at radius 1 is 1.06 bits per heavy atom. The summed E-state index contributed by atoms with van der Waals surface area (Å²) in [7, 11) is 0. The van der Waals surface area contributed by atoms with E-state index in [9.17, 15) is 0 Å². The average molecular weight is 234 g/mol. The molecule has 3 N–H and O–H groups in total. The predicted octanol–water partition coefficient (Wildman–Crippen LogP) is 4.35. The summed E-state index contributed by atoms with van der Waals surface area (Å²) in [4.78, 5) is 0. The van der Waals surface area contributed by atoms with Crippen molar-refractivity contribution >= 4 is 11.4 Å². The molecule has 0 fully saturated rings. The molecule has 0 aliphatic heterocycles. The lowest BCUT2D eigenvalue weighted by molar-refractivity contribution is 0.617. The standard InChI is InChI=1S/C15H26N2/c1-3-4-5-6-7-8-12-17-15-13(2)10-9-11-14(15)16/h9-11,17H,3-8,12,16H2,1-2H3. The van der Waals surface area contributed by atoms with Crippen LogP contribution in [0.4, 0.5) is 11.4 Å². The number of rotatable bonds is 8. The second kappa shape index (κ2) is 7.99. The van der Waals surface area contributed by atoms with Crippen LogP contribution in [0.1, 0.15) is 51.0 Å². The van der Waals surface area contributed by atoms with Crippen LogP contribution in [0.2, 0.25) is 0 Å². The molecule has 1 rings (SSSR count). The summed E-state index contributed by atoms with van der Waals surface area (Å²) in [6.45, 7) is 5.38. The maximum absolute atomic E-state index is 5.94. The van der Waals surface area contributed by atoms with E-state index in [1.807, 2.05) is 12.1 Å². The van der Waals surface area contributed by atoms with Crippen molar-refractivity contribution in [1.82, 2.24) is 0 Å². The highest BCUT2D eigenvalue weighted by Gasteiger charge is 2.00. The van der Waals surface area contributed by atoms with Crippen LogP contribution in [0.5, 0.6) is 0 Å². The van der Waals surface area contributed by atoms with Gasteiger partial charge in [-0.15, -0.1) is 0 Å². The molecule has 1 aromatic carbocycles. The van der Waals surface area contributed by atoms with E-state index in [-0.39, 0.29) is 0 Å². The van der Waals surface area contributed by atoms with Crippen molar-refractivity contribution in [2.45, 2.75) is 52.4 Å². The highest BCUT2D eigenvalue weighted by molar-refractivity contribution is 5.69. The molecule has 0 atom stereocenters. The lowest BCUT2D eigenvalue weighted by Gasteiger charge is -2.11. The smallest absolute Gasteiger partial charge is 0.0603 e. The lowest BCUT2D eigenvalue weighted by atomic mass is 10.1. The Kier molecular flexibility index (Phi) is 6.53. The van der Waals surface area contributed by atoms with Gasteiger partial charge in [0.15, 0.2) is 0 Å².